The monoisotopic (exact) mass is 450 g/mol. The van der Waals surface area contributed by atoms with Crippen LogP contribution in [0.4, 0.5) is 0 Å². The molecule has 9 heteroatoms. The third-order valence-electron chi connectivity index (χ3n) is 7.00. The molecule has 0 amide bonds. The first-order chi connectivity index (χ1) is 13.2. The van der Waals surface area contributed by atoms with Crippen molar-refractivity contribution in [3.63, 3.8) is 0 Å². The van der Waals surface area contributed by atoms with Crippen LogP contribution >= 0.6 is 15.6 Å². The van der Waals surface area contributed by atoms with Gasteiger partial charge in [-0.05, 0) is 68.6 Å². The molecule has 0 saturated heterocycles. The lowest BCUT2D eigenvalue weighted by molar-refractivity contribution is -0.0390. The van der Waals surface area contributed by atoms with Gasteiger partial charge >= 0.3 is 15.6 Å². The van der Waals surface area contributed by atoms with E-state index in [-0.39, 0.29) is 12.0 Å². The van der Waals surface area contributed by atoms with Crippen LogP contribution in [0.1, 0.15) is 73.1 Å². The van der Waals surface area contributed by atoms with Crippen molar-refractivity contribution in [2.75, 3.05) is 6.61 Å². The van der Waals surface area contributed by atoms with Gasteiger partial charge in [-0.2, -0.15) is 4.31 Å². The highest BCUT2D eigenvalue weighted by Crippen LogP contribution is 2.60. The third kappa shape index (κ3) is 6.61. The summed E-state index contributed by atoms with van der Waals surface area (Å²) in [7, 11) is -9.87. The van der Waals surface area contributed by atoms with Gasteiger partial charge in [0.1, 0.15) is 0 Å². The van der Waals surface area contributed by atoms with Crippen LogP contribution in [-0.4, -0.2) is 21.3 Å². The van der Waals surface area contributed by atoms with Crippen LogP contribution in [0.15, 0.2) is 23.3 Å². The quantitative estimate of drug-likeness (QED) is 0.319. The van der Waals surface area contributed by atoms with Gasteiger partial charge in [-0.3, -0.25) is 4.52 Å². The molecule has 0 aromatic heterocycles. The van der Waals surface area contributed by atoms with E-state index in [4.69, 9.17) is 9.79 Å². The van der Waals surface area contributed by atoms with Gasteiger partial charge in [0.2, 0.25) is 0 Å². The van der Waals surface area contributed by atoms with Crippen LogP contribution in [0.5, 0.6) is 0 Å². The Morgan fingerprint density at radius 2 is 1.90 bits per heavy atom. The summed E-state index contributed by atoms with van der Waals surface area (Å²) < 4.78 is 30.6. The van der Waals surface area contributed by atoms with Gasteiger partial charge in [-0.15, -0.1) is 0 Å². The molecule has 0 aliphatic heterocycles. The lowest BCUT2D eigenvalue weighted by Gasteiger charge is -2.57. The van der Waals surface area contributed by atoms with Crippen LogP contribution in [0.2, 0.25) is 0 Å². The van der Waals surface area contributed by atoms with Crippen molar-refractivity contribution in [3.8, 4) is 0 Å². The average molecular weight is 450 g/mol. The molecular weight excluding hydrogens is 414 g/mol. The third-order valence-corrected chi connectivity index (χ3v) is 9.16. The van der Waals surface area contributed by atoms with Crippen LogP contribution in [0.25, 0.3) is 0 Å². The maximum Gasteiger partial charge on any atom is 0.481 e. The smallest absolute Gasteiger partial charge is 0.302 e. The Morgan fingerprint density at radius 1 is 1.24 bits per heavy atom. The van der Waals surface area contributed by atoms with E-state index >= 15 is 0 Å². The number of hydrogen-bond donors (Lipinski definition) is 3. The fourth-order valence-corrected chi connectivity index (χ4v) is 7.13. The fraction of sp³-hybridized carbons (Fsp3) is 0.800. The summed E-state index contributed by atoms with van der Waals surface area (Å²) >= 11 is 0. The molecule has 29 heavy (non-hydrogen) atoms. The van der Waals surface area contributed by atoms with Gasteiger partial charge in [0.25, 0.3) is 0 Å². The first-order valence-electron chi connectivity index (χ1n) is 10.2. The molecule has 4 atom stereocenters. The van der Waals surface area contributed by atoms with E-state index in [2.05, 4.69) is 42.6 Å². The zero-order valence-corrected chi connectivity index (χ0v) is 19.9. The van der Waals surface area contributed by atoms with Crippen molar-refractivity contribution in [2.45, 2.75) is 73.1 Å². The molecular formula is C20H36O7P2. The molecule has 1 fully saturated rings. The van der Waals surface area contributed by atoms with Gasteiger partial charge in [-0.25, -0.2) is 9.13 Å². The minimum atomic E-state index is -5.09. The number of allylic oxidation sites excluding steroid dienone is 3. The van der Waals surface area contributed by atoms with Crippen molar-refractivity contribution in [2.24, 2.45) is 22.7 Å². The predicted octanol–water partition coefficient (Wildman–Crippen LogP) is 5.74. The van der Waals surface area contributed by atoms with Gasteiger partial charge in [0.05, 0.1) is 6.61 Å². The first-order valence-corrected chi connectivity index (χ1v) is 13.3. The molecule has 0 spiro atoms. The standard InChI is InChI=1S/C20H36O7P2/c1-15(11-14-26-29(24,25)27-28(21,22)23)7-9-17-16(2)8-10-18-19(3,4)12-6-13-20(17,18)5/h8,11,17-18H,6-7,9-10,12-14H2,1-5H3,(H,24,25)(H2,21,22,23). The summed E-state index contributed by atoms with van der Waals surface area (Å²) in [5.74, 6) is 1.18. The predicted molar refractivity (Wildman–Crippen MR) is 113 cm³/mol. The Kier molecular flexibility index (Phi) is 7.83. The summed E-state index contributed by atoms with van der Waals surface area (Å²) in [5.41, 5.74) is 3.10. The van der Waals surface area contributed by atoms with Crippen LogP contribution in [-0.2, 0) is 18.0 Å². The number of rotatable bonds is 8. The number of hydrogen-bond acceptors (Lipinski definition) is 4. The van der Waals surface area contributed by atoms with Crippen molar-refractivity contribution in [1.82, 2.24) is 0 Å². The van der Waals surface area contributed by atoms with E-state index in [0.717, 1.165) is 24.8 Å². The average Bonchev–Trinajstić information content (AvgIpc) is 2.50. The van der Waals surface area contributed by atoms with Crippen molar-refractivity contribution < 1.29 is 32.6 Å². The highest BCUT2D eigenvalue weighted by atomic mass is 31.3. The van der Waals surface area contributed by atoms with Gasteiger partial charge in [-0.1, -0.05) is 50.5 Å². The Labute approximate surface area is 174 Å². The molecule has 2 aliphatic carbocycles. The Morgan fingerprint density at radius 3 is 2.52 bits per heavy atom. The zero-order valence-electron chi connectivity index (χ0n) is 18.1. The molecule has 0 radical (unpaired) electrons. The Bertz CT molecular complexity index is 752. The molecule has 2 rings (SSSR count). The van der Waals surface area contributed by atoms with E-state index < -0.39 is 15.6 Å². The van der Waals surface area contributed by atoms with E-state index in [1.807, 2.05) is 6.92 Å². The molecule has 0 aromatic carbocycles. The minimum absolute atomic E-state index is 0.244. The lowest BCUT2D eigenvalue weighted by Crippen LogP contribution is -2.48. The molecule has 2 aliphatic rings. The molecule has 0 aromatic rings. The second kappa shape index (κ2) is 9.08. The van der Waals surface area contributed by atoms with E-state index in [0.29, 0.717) is 17.3 Å². The molecule has 4 unspecified atom stereocenters. The fourth-order valence-electron chi connectivity index (χ4n) is 5.60. The molecule has 1 saturated carbocycles. The van der Waals surface area contributed by atoms with E-state index in [1.165, 1.54) is 24.8 Å². The highest BCUT2D eigenvalue weighted by Gasteiger charge is 2.51. The number of fused-ring (bicyclic) bond motifs is 1. The van der Waals surface area contributed by atoms with Crippen molar-refractivity contribution in [3.05, 3.63) is 23.3 Å². The van der Waals surface area contributed by atoms with Crippen LogP contribution in [0, 0.1) is 22.7 Å². The van der Waals surface area contributed by atoms with Gasteiger partial charge < -0.3 is 14.7 Å². The SMILES string of the molecule is CC(=CCOP(=O)(O)OP(=O)(O)O)CCC1C(C)=CCC2C(C)(C)CCCC12C. The van der Waals surface area contributed by atoms with Crippen molar-refractivity contribution in [1.29, 1.82) is 0 Å². The summed E-state index contributed by atoms with van der Waals surface area (Å²) in [6, 6.07) is 0. The van der Waals surface area contributed by atoms with Gasteiger partial charge in [0.15, 0.2) is 0 Å². The van der Waals surface area contributed by atoms with E-state index in [1.54, 1.807) is 6.08 Å². The maximum absolute atomic E-state index is 11.5. The highest BCUT2D eigenvalue weighted by molar-refractivity contribution is 7.60. The number of phosphoric acid groups is 2. The number of phosphoric ester groups is 1. The molecule has 168 valence electrons. The van der Waals surface area contributed by atoms with E-state index in [9.17, 15) is 14.0 Å². The topological polar surface area (TPSA) is 113 Å². The molecule has 3 N–H and O–H groups in total. The van der Waals surface area contributed by atoms with Gasteiger partial charge in [0, 0.05) is 0 Å². The Balaban J connectivity index is 1.98. The second-order valence-electron chi connectivity index (χ2n) is 9.56. The summed E-state index contributed by atoms with van der Waals surface area (Å²) in [5, 5.41) is 0. The minimum Gasteiger partial charge on any atom is -0.302 e. The molecule has 0 heterocycles. The summed E-state index contributed by atoms with van der Waals surface area (Å²) in [4.78, 5) is 26.6. The Hall–Kier alpha value is -0.260. The molecule has 7 nitrogen and oxygen atoms in total. The normalized spacial score (nSPS) is 32.3. The molecule has 0 bridgehead atoms. The maximum atomic E-state index is 11.5. The summed E-state index contributed by atoms with van der Waals surface area (Å²) in [6.45, 7) is 11.2. The second-order valence-corrected chi connectivity index (χ2v) is 12.4. The first kappa shape index (κ1) is 25.0. The summed E-state index contributed by atoms with van der Waals surface area (Å²) in [6.07, 6.45) is 10.8. The zero-order chi connectivity index (χ0) is 22.1. The lowest BCUT2D eigenvalue weighted by atomic mass is 9.48. The largest absolute Gasteiger partial charge is 0.481 e. The van der Waals surface area contributed by atoms with Crippen LogP contribution in [0.3, 0.4) is 0 Å². The van der Waals surface area contributed by atoms with Crippen molar-refractivity contribution >= 4 is 15.6 Å². The van der Waals surface area contributed by atoms with Crippen LogP contribution < -0.4 is 0 Å².